The molecule has 2 unspecified atom stereocenters. The molecule has 0 spiro atoms. The highest BCUT2D eigenvalue weighted by Gasteiger charge is 2.43. The Hall–Kier alpha value is -6.12. The van der Waals surface area contributed by atoms with E-state index in [0.717, 1.165) is 32.8 Å². The normalized spacial score (nSPS) is 16.4. The highest BCUT2D eigenvalue weighted by atomic mass is 32.1. The van der Waals surface area contributed by atoms with Gasteiger partial charge >= 0.3 is 0 Å². The number of ether oxygens (including phenoxy) is 2. The third-order valence-electron chi connectivity index (χ3n) is 10.0. The molecule has 3 aromatic heterocycles. The quantitative estimate of drug-likeness (QED) is 0.0973. The summed E-state index contributed by atoms with van der Waals surface area (Å²) < 4.78 is 17.3. The smallest absolute Gasteiger partial charge is 0.254 e. The number of nitrogens with zero attached hydrogens (tertiary/aromatic N) is 5. The number of thiazole rings is 1. The largest absolute Gasteiger partial charge is 0.507 e. The van der Waals surface area contributed by atoms with Crippen molar-refractivity contribution in [2.75, 3.05) is 19.8 Å². The van der Waals surface area contributed by atoms with Gasteiger partial charge < -0.3 is 34.4 Å². The molecule has 3 aromatic carbocycles. The van der Waals surface area contributed by atoms with Crippen molar-refractivity contribution in [2.24, 2.45) is 5.92 Å². The van der Waals surface area contributed by atoms with Crippen molar-refractivity contribution in [1.82, 2.24) is 30.6 Å². The summed E-state index contributed by atoms with van der Waals surface area (Å²) in [5, 5.41) is 36.2. The van der Waals surface area contributed by atoms with Crippen LogP contribution in [0.2, 0.25) is 0 Å². The molecule has 1 fully saturated rings. The van der Waals surface area contributed by atoms with Crippen molar-refractivity contribution in [1.29, 1.82) is 0 Å². The number of rotatable bonds is 14. The fourth-order valence-corrected chi connectivity index (χ4v) is 7.81. The van der Waals surface area contributed by atoms with E-state index in [-0.39, 0.29) is 61.6 Å². The van der Waals surface area contributed by atoms with Crippen LogP contribution in [-0.4, -0.2) is 79.2 Å². The second-order valence-electron chi connectivity index (χ2n) is 14.4. The van der Waals surface area contributed by atoms with Gasteiger partial charge in [-0.05, 0) is 71.9 Å². The second-order valence-corrected chi connectivity index (χ2v) is 15.2. The number of amides is 2. The van der Waals surface area contributed by atoms with Gasteiger partial charge in [-0.2, -0.15) is 10.2 Å². The number of carbonyl (C=O) groups excluding carboxylic acids is 2. The fraction of sp³-hybridized carbons (Fsp3) is 0.302. The molecule has 57 heavy (non-hydrogen) atoms. The molecule has 13 nitrogen and oxygen atoms in total. The summed E-state index contributed by atoms with van der Waals surface area (Å²) in [7, 11) is 0. The number of aliphatic hydroxyl groups excluding tert-OH is 1. The van der Waals surface area contributed by atoms with Crippen LogP contribution in [0.3, 0.4) is 0 Å². The number of phenols is 1. The van der Waals surface area contributed by atoms with E-state index in [4.69, 9.17) is 14.0 Å². The highest BCUT2D eigenvalue weighted by molar-refractivity contribution is 7.13. The minimum absolute atomic E-state index is 0.0337. The topological polar surface area (TPSA) is 173 Å². The van der Waals surface area contributed by atoms with E-state index in [9.17, 15) is 19.8 Å². The van der Waals surface area contributed by atoms with Crippen molar-refractivity contribution in [3.8, 4) is 50.2 Å². The van der Waals surface area contributed by atoms with Crippen molar-refractivity contribution >= 4 is 23.2 Å². The van der Waals surface area contributed by atoms with Crippen LogP contribution in [-0.2, 0) is 9.59 Å². The van der Waals surface area contributed by atoms with Crippen molar-refractivity contribution in [3.63, 3.8) is 0 Å². The Kier molecular flexibility index (Phi) is 11.9. The number of nitrogens with one attached hydrogen (secondary N) is 1. The summed E-state index contributed by atoms with van der Waals surface area (Å²) in [6.45, 7) is 8.08. The Morgan fingerprint density at radius 2 is 1.70 bits per heavy atom. The monoisotopic (exact) mass is 788 g/mol. The number of aryl methyl sites for hydroxylation is 1. The average molecular weight is 789 g/mol. The number of hydrogen-bond acceptors (Lipinski definition) is 12. The Labute approximate surface area is 334 Å². The van der Waals surface area contributed by atoms with E-state index in [2.05, 4.69) is 25.7 Å². The minimum atomic E-state index is -0.845. The number of aromatic nitrogens is 4. The Bertz CT molecular complexity index is 2310. The van der Waals surface area contributed by atoms with E-state index in [0.29, 0.717) is 22.8 Å². The first-order valence-electron chi connectivity index (χ1n) is 18.8. The summed E-state index contributed by atoms with van der Waals surface area (Å²) in [4.78, 5) is 34.6. The minimum Gasteiger partial charge on any atom is -0.507 e. The molecule has 2 amide bonds. The van der Waals surface area contributed by atoms with Crippen LogP contribution in [0.15, 0.2) is 101 Å². The number of benzene rings is 3. The van der Waals surface area contributed by atoms with Gasteiger partial charge in [-0.1, -0.05) is 62.4 Å². The number of carbonyl (C=O) groups is 2. The Morgan fingerprint density at radius 1 is 0.965 bits per heavy atom. The molecule has 294 valence electrons. The molecule has 0 bridgehead atoms. The predicted molar refractivity (Wildman–Crippen MR) is 215 cm³/mol. The van der Waals surface area contributed by atoms with Crippen LogP contribution in [0.5, 0.6) is 17.4 Å². The summed E-state index contributed by atoms with van der Waals surface area (Å²) >= 11 is 1.58. The van der Waals surface area contributed by atoms with Gasteiger partial charge in [-0.3, -0.25) is 9.59 Å². The van der Waals surface area contributed by atoms with E-state index >= 15 is 0 Å². The van der Waals surface area contributed by atoms with Gasteiger partial charge in [0, 0.05) is 30.2 Å². The zero-order valence-electron chi connectivity index (χ0n) is 32.0. The summed E-state index contributed by atoms with van der Waals surface area (Å²) in [5.74, 6) is -0.337. The lowest BCUT2D eigenvalue weighted by Crippen LogP contribution is -2.48. The molecule has 1 saturated heterocycles. The third-order valence-corrected chi connectivity index (χ3v) is 11.0. The summed E-state index contributed by atoms with van der Waals surface area (Å²) in [6, 6.07) is 24.8. The molecule has 1 aliphatic heterocycles. The molecule has 14 heteroatoms. The van der Waals surface area contributed by atoms with Crippen molar-refractivity contribution < 1.29 is 33.8 Å². The molecule has 0 saturated carbocycles. The number of para-hydroxylation sites is 1. The highest BCUT2D eigenvalue weighted by Crippen LogP contribution is 2.34. The number of aliphatic hydroxyl groups is 1. The molecule has 4 heterocycles. The Balaban J connectivity index is 0.924. The molecule has 3 N–H and O–H groups in total. The van der Waals surface area contributed by atoms with Crippen molar-refractivity contribution in [3.05, 3.63) is 114 Å². The zero-order valence-corrected chi connectivity index (χ0v) is 32.8. The first-order chi connectivity index (χ1) is 27.5. The van der Waals surface area contributed by atoms with Gasteiger partial charge in [0.1, 0.15) is 36.7 Å². The molecule has 6 aromatic rings. The van der Waals surface area contributed by atoms with Crippen LogP contribution in [0, 0.1) is 12.8 Å². The van der Waals surface area contributed by atoms with E-state index in [1.807, 2.05) is 93.9 Å². The summed E-state index contributed by atoms with van der Waals surface area (Å²) in [6.07, 6.45) is 0.956. The van der Waals surface area contributed by atoms with Crippen molar-refractivity contribution in [2.45, 2.75) is 58.2 Å². The van der Waals surface area contributed by atoms with E-state index < -0.39 is 18.1 Å². The molecule has 7 rings (SSSR count). The molecule has 0 radical (unpaired) electrons. The fourth-order valence-electron chi connectivity index (χ4n) is 7.00. The number of β-amino-alcohol motifs (C(OH)–C–C–N with tert-alkyl or cyclic N) is 1. The number of phenolic OH excluding ortho intramolecular Hbond substituents is 1. The molecule has 4 atom stereocenters. The second kappa shape index (κ2) is 17.3. The van der Waals surface area contributed by atoms with Crippen LogP contribution in [0.4, 0.5) is 0 Å². The van der Waals surface area contributed by atoms with Gasteiger partial charge in [-0.15, -0.1) is 11.3 Å². The van der Waals surface area contributed by atoms with E-state index in [1.54, 1.807) is 41.8 Å². The van der Waals surface area contributed by atoms with E-state index in [1.165, 1.54) is 4.90 Å². The lowest BCUT2D eigenvalue weighted by atomic mass is 9.91. The van der Waals surface area contributed by atoms with Crippen LogP contribution in [0.1, 0.15) is 56.2 Å². The first kappa shape index (κ1) is 39.1. The average Bonchev–Trinajstić information content (AvgIpc) is 3.97. The molecular formula is C43H44N6O7S. The molecular weight excluding hydrogens is 745 g/mol. The van der Waals surface area contributed by atoms with Gasteiger partial charge in [0.2, 0.25) is 11.8 Å². The number of likely N-dealkylation sites (tertiary alicyclic amines) is 1. The first-order valence-corrected chi connectivity index (χ1v) is 19.7. The molecule has 0 aliphatic carbocycles. The Morgan fingerprint density at radius 3 is 2.42 bits per heavy atom. The lowest BCUT2D eigenvalue weighted by molar-refractivity contribution is -0.141. The van der Waals surface area contributed by atoms with Crippen LogP contribution < -0.4 is 14.8 Å². The standard InChI is InChI=1S/C43H44N6O7S/c1-25(2)40(43(53)49-23-32(50)20-36(49)42(52)46-26(3)28-9-11-30(12-10-28)41-27(4)44-24-57-41)38-21-39(48-56-38)55-18-17-54-33-15-13-29(14-16-33)31-19-35(47-45-22-31)34-7-5-6-8-37(34)51/h5-16,19,21-22,24-26,32,36,40,50-51H,17-18,20,23H2,1-4H3,(H,46,52)/t26?,32-,36+,40?/m1/s1. The van der Waals surface area contributed by atoms with Gasteiger partial charge in [0.15, 0.2) is 5.76 Å². The lowest BCUT2D eigenvalue weighted by Gasteiger charge is -2.29. The van der Waals surface area contributed by atoms with Gasteiger partial charge in [-0.25, -0.2) is 4.98 Å². The number of hydrogen-bond donors (Lipinski definition) is 3. The van der Waals surface area contributed by atoms with Gasteiger partial charge in [0.25, 0.3) is 5.88 Å². The third kappa shape index (κ3) is 8.97. The van der Waals surface area contributed by atoms with Gasteiger partial charge in [0.05, 0.1) is 40.1 Å². The summed E-state index contributed by atoms with van der Waals surface area (Å²) in [5.41, 5.74) is 7.69. The van der Waals surface area contributed by atoms with Crippen LogP contribution in [0.25, 0.3) is 32.8 Å². The maximum Gasteiger partial charge on any atom is 0.254 e. The zero-order chi connectivity index (χ0) is 40.1. The SMILES string of the molecule is Cc1ncsc1-c1ccc(C(C)NC(=O)[C@@H]2C[C@@H](O)CN2C(=O)C(c2cc(OCCOc3ccc(-c4cnnc(-c5ccccc5O)c4)cc3)no2)C(C)C)cc1. The molecule has 1 aliphatic rings. The maximum atomic E-state index is 14.1. The number of aromatic hydroxyl groups is 1. The maximum absolute atomic E-state index is 14.1. The predicted octanol–water partition coefficient (Wildman–Crippen LogP) is 6.97. The van der Waals surface area contributed by atoms with Crippen LogP contribution >= 0.6 is 11.3 Å².